The number of hydrogen-bond acceptors (Lipinski definition) is 4. The number of anilines is 2. The van der Waals surface area contributed by atoms with Gasteiger partial charge in [-0.3, -0.25) is 9.44 Å². The number of hydrogen-bond donors (Lipinski definition) is 2. The summed E-state index contributed by atoms with van der Waals surface area (Å²) in [6.45, 7) is 7.53. The van der Waals surface area contributed by atoms with Crippen molar-refractivity contribution in [1.29, 1.82) is 0 Å². The fraction of sp³-hybridized carbons (Fsp3) is 0.154. The van der Waals surface area contributed by atoms with Gasteiger partial charge in [0.25, 0.3) is 20.0 Å². The molecule has 0 spiro atoms. The average Bonchev–Trinajstić information content (AvgIpc) is 2.76. The van der Waals surface area contributed by atoms with E-state index in [9.17, 15) is 16.8 Å². The smallest absolute Gasteiger partial charge is 0.262 e. The highest BCUT2D eigenvalue weighted by Crippen LogP contribution is 2.31. The van der Waals surface area contributed by atoms with E-state index in [1.165, 1.54) is 12.1 Å². The van der Waals surface area contributed by atoms with Crippen LogP contribution in [0.1, 0.15) is 22.3 Å². The lowest BCUT2D eigenvalue weighted by Gasteiger charge is -2.15. The van der Waals surface area contributed by atoms with Gasteiger partial charge in [0.2, 0.25) is 0 Å². The lowest BCUT2D eigenvalue weighted by atomic mass is 10.1. The molecule has 0 aliphatic heterocycles. The van der Waals surface area contributed by atoms with Crippen molar-refractivity contribution in [1.82, 2.24) is 0 Å². The minimum atomic E-state index is -3.97. The van der Waals surface area contributed by atoms with Gasteiger partial charge < -0.3 is 0 Å². The van der Waals surface area contributed by atoms with E-state index in [0.717, 1.165) is 22.3 Å². The van der Waals surface area contributed by atoms with Gasteiger partial charge in [0.1, 0.15) is 0 Å². The highest BCUT2D eigenvalue weighted by molar-refractivity contribution is 7.93. The minimum Gasteiger partial charge on any atom is -0.279 e. The molecule has 8 heteroatoms. The van der Waals surface area contributed by atoms with Gasteiger partial charge in [-0.05, 0) is 63.1 Å². The van der Waals surface area contributed by atoms with Crippen LogP contribution >= 0.6 is 0 Å². The molecule has 2 N–H and O–H groups in total. The van der Waals surface area contributed by atoms with E-state index >= 15 is 0 Å². The van der Waals surface area contributed by atoms with Crippen LogP contribution in [0.3, 0.4) is 0 Å². The molecule has 0 saturated heterocycles. The standard InChI is InChI=1S/C26H26N2O4S2/c1-17-11-13-23(19(3)15-17)27-33(29,30)25-9-5-8-22-21(25)7-6-10-26(22)34(31,32)28-24-14-12-18(2)16-20(24)4/h5-16,27-28H,1-4H3. The first-order valence-electron chi connectivity index (χ1n) is 10.7. The molecule has 4 rings (SSSR count). The molecule has 0 fully saturated rings. The molecule has 0 aliphatic carbocycles. The third-order valence-corrected chi connectivity index (χ3v) is 8.52. The topological polar surface area (TPSA) is 92.3 Å². The summed E-state index contributed by atoms with van der Waals surface area (Å²) >= 11 is 0. The summed E-state index contributed by atoms with van der Waals surface area (Å²) in [6.07, 6.45) is 0. The largest absolute Gasteiger partial charge is 0.279 e. The van der Waals surface area contributed by atoms with Crippen LogP contribution in [-0.4, -0.2) is 16.8 Å². The minimum absolute atomic E-state index is 0.00791. The van der Waals surface area contributed by atoms with E-state index in [4.69, 9.17) is 0 Å². The predicted molar refractivity (Wildman–Crippen MR) is 137 cm³/mol. The number of benzene rings is 4. The number of sulfonamides is 2. The summed E-state index contributed by atoms with van der Waals surface area (Å²) in [5.74, 6) is 0. The van der Waals surface area contributed by atoms with E-state index in [-0.39, 0.29) is 9.79 Å². The summed E-state index contributed by atoms with van der Waals surface area (Å²) in [4.78, 5) is 0.0158. The Morgan fingerprint density at radius 2 is 0.912 bits per heavy atom. The number of rotatable bonds is 6. The molecule has 0 aliphatic rings. The van der Waals surface area contributed by atoms with Crippen molar-refractivity contribution >= 4 is 42.2 Å². The van der Waals surface area contributed by atoms with Crippen LogP contribution in [0.2, 0.25) is 0 Å². The first kappa shape index (κ1) is 23.8. The van der Waals surface area contributed by atoms with Crippen molar-refractivity contribution in [3.05, 3.63) is 95.1 Å². The molecular weight excluding hydrogens is 468 g/mol. The summed E-state index contributed by atoms with van der Waals surface area (Å²) in [6, 6.07) is 20.2. The second-order valence-electron chi connectivity index (χ2n) is 8.46. The molecule has 0 radical (unpaired) electrons. The Labute approximate surface area is 200 Å². The van der Waals surface area contributed by atoms with Crippen LogP contribution in [0.15, 0.2) is 82.6 Å². The van der Waals surface area contributed by atoms with Gasteiger partial charge in [0.05, 0.1) is 21.2 Å². The van der Waals surface area contributed by atoms with Crippen molar-refractivity contribution in [2.75, 3.05) is 9.44 Å². The molecule has 0 saturated carbocycles. The van der Waals surface area contributed by atoms with Crippen LogP contribution in [-0.2, 0) is 20.0 Å². The van der Waals surface area contributed by atoms with Crippen molar-refractivity contribution in [2.24, 2.45) is 0 Å². The van der Waals surface area contributed by atoms with Gasteiger partial charge in [-0.25, -0.2) is 16.8 Å². The predicted octanol–water partition coefficient (Wildman–Crippen LogP) is 5.68. The summed E-state index contributed by atoms with van der Waals surface area (Å²) in [7, 11) is -7.95. The lowest BCUT2D eigenvalue weighted by molar-refractivity contribution is 0.599. The molecule has 6 nitrogen and oxygen atoms in total. The Kier molecular flexibility index (Phi) is 6.14. The summed E-state index contributed by atoms with van der Waals surface area (Å²) in [5.41, 5.74) is 4.59. The summed E-state index contributed by atoms with van der Waals surface area (Å²) in [5, 5.41) is 0.645. The number of fused-ring (bicyclic) bond motifs is 1. The maximum Gasteiger partial charge on any atom is 0.262 e. The molecule has 0 bridgehead atoms. The Morgan fingerprint density at radius 1 is 0.529 bits per heavy atom. The van der Waals surface area contributed by atoms with E-state index in [0.29, 0.717) is 22.1 Å². The quantitative estimate of drug-likeness (QED) is 0.361. The third-order valence-electron chi connectivity index (χ3n) is 5.67. The molecule has 0 unspecified atom stereocenters. The zero-order valence-corrected chi connectivity index (χ0v) is 21.0. The fourth-order valence-corrected chi connectivity index (χ4v) is 6.68. The zero-order valence-electron chi connectivity index (χ0n) is 19.4. The maximum absolute atomic E-state index is 13.3. The molecular formula is C26H26N2O4S2. The molecule has 176 valence electrons. The molecule has 0 heterocycles. The second-order valence-corrected chi connectivity index (χ2v) is 11.8. The Bertz CT molecular complexity index is 1500. The van der Waals surface area contributed by atoms with Crippen molar-refractivity contribution in [2.45, 2.75) is 37.5 Å². The van der Waals surface area contributed by atoms with Crippen LogP contribution in [0.4, 0.5) is 11.4 Å². The first-order chi connectivity index (χ1) is 16.0. The van der Waals surface area contributed by atoms with Gasteiger partial charge in [-0.2, -0.15) is 0 Å². The van der Waals surface area contributed by atoms with Gasteiger partial charge in [-0.1, -0.05) is 59.7 Å². The highest BCUT2D eigenvalue weighted by atomic mass is 32.2. The van der Waals surface area contributed by atoms with Crippen LogP contribution in [0, 0.1) is 27.7 Å². The Balaban J connectivity index is 1.79. The fourth-order valence-electron chi connectivity index (χ4n) is 3.98. The van der Waals surface area contributed by atoms with Crippen molar-refractivity contribution in [3.63, 3.8) is 0 Å². The number of aryl methyl sites for hydroxylation is 4. The van der Waals surface area contributed by atoms with Gasteiger partial charge in [0, 0.05) is 10.8 Å². The van der Waals surface area contributed by atoms with Crippen LogP contribution < -0.4 is 9.44 Å². The van der Waals surface area contributed by atoms with E-state index in [2.05, 4.69) is 9.44 Å². The first-order valence-corrected chi connectivity index (χ1v) is 13.7. The normalized spacial score (nSPS) is 12.0. The second kappa shape index (κ2) is 8.77. The summed E-state index contributed by atoms with van der Waals surface area (Å²) < 4.78 is 58.5. The zero-order chi connectivity index (χ0) is 24.7. The SMILES string of the molecule is Cc1ccc(NS(=O)(=O)c2cccc3c(S(=O)(=O)Nc4ccc(C)cc4C)cccc23)c(C)c1. The Morgan fingerprint density at radius 3 is 1.26 bits per heavy atom. The van der Waals surface area contributed by atoms with Gasteiger partial charge in [0.15, 0.2) is 0 Å². The molecule has 0 atom stereocenters. The lowest BCUT2D eigenvalue weighted by Crippen LogP contribution is -2.16. The third kappa shape index (κ3) is 4.64. The number of nitrogens with one attached hydrogen (secondary N) is 2. The van der Waals surface area contributed by atoms with E-state index in [1.807, 2.05) is 52.0 Å². The van der Waals surface area contributed by atoms with Gasteiger partial charge >= 0.3 is 0 Å². The highest BCUT2D eigenvalue weighted by Gasteiger charge is 2.23. The molecule has 4 aromatic rings. The van der Waals surface area contributed by atoms with Gasteiger partial charge in [-0.15, -0.1) is 0 Å². The van der Waals surface area contributed by atoms with E-state index in [1.54, 1.807) is 36.4 Å². The Hall–Kier alpha value is -3.36. The molecule has 34 heavy (non-hydrogen) atoms. The molecule has 0 aromatic heterocycles. The maximum atomic E-state index is 13.3. The van der Waals surface area contributed by atoms with Crippen LogP contribution in [0.25, 0.3) is 10.8 Å². The molecule has 0 amide bonds. The van der Waals surface area contributed by atoms with Crippen molar-refractivity contribution < 1.29 is 16.8 Å². The van der Waals surface area contributed by atoms with Crippen molar-refractivity contribution in [3.8, 4) is 0 Å². The monoisotopic (exact) mass is 494 g/mol. The average molecular weight is 495 g/mol. The van der Waals surface area contributed by atoms with E-state index < -0.39 is 20.0 Å². The molecule has 4 aromatic carbocycles. The van der Waals surface area contributed by atoms with Crippen LogP contribution in [0.5, 0.6) is 0 Å².